The molecule has 0 unspecified atom stereocenters. The molecule has 6 heteroatoms. The second kappa shape index (κ2) is 8.68. The Hall–Kier alpha value is -1.37. The third kappa shape index (κ3) is 5.87. The van der Waals surface area contributed by atoms with Crippen molar-refractivity contribution >= 4 is 5.97 Å². The third-order valence-corrected chi connectivity index (χ3v) is 2.62. The van der Waals surface area contributed by atoms with Crippen molar-refractivity contribution < 1.29 is 23.8 Å². The van der Waals surface area contributed by atoms with E-state index in [-0.39, 0.29) is 5.76 Å². The van der Waals surface area contributed by atoms with Crippen LogP contribution >= 0.6 is 0 Å². The molecule has 0 atom stereocenters. The van der Waals surface area contributed by atoms with Crippen molar-refractivity contribution in [3.8, 4) is 0 Å². The molecule has 108 valence electrons. The second-order valence-electron chi connectivity index (χ2n) is 4.13. The average molecular weight is 271 g/mol. The molecule has 0 saturated carbocycles. The number of hydrogen-bond acceptors (Lipinski definition) is 5. The molecule has 0 aliphatic rings. The number of carbonyl (C=O) groups is 1. The van der Waals surface area contributed by atoms with E-state index in [1.54, 1.807) is 20.1 Å². The van der Waals surface area contributed by atoms with Crippen LogP contribution in [0.2, 0.25) is 0 Å². The summed E-state index contributed by atoms with van der Waals surface area (Å²) in [4.78, 5) is 10.7. The van der Waals surface area contributed by atoms with Crippen molar-refractivity contribution in [3.63, 3.8) is 0 Å². The number of methoxy groups -OCH3 is 1. The van der Waals surface area contributed by atoms with E-state index in [4.69, 9.17) is 19.0 Å². The number of rotatable bonds is 10. The Bertz CT molecular complexity index is 388. The van der Waals surface area contributed by atoms with Crippen LogP contribution in [0, 0.1) is 6.92 Å². The highest BCUT2D eigenvalue weighted by Gasteiger charge is 2.12. The van der Waals surface area contributed by atoms with Crippen LogP contribution in [-0.2, 0) is 16.0 Å². The van der Waals surface area contributed by atoms with Crippen LogP contribution in [0.25, 0.3) is 0 Å². The summed E-state index contributed by atoms with van der Waals surface area (Å²) in [5.41, 5.74) is 0.873. The number of aromatic carboxylic acids is 1. The maximum absolute atomic E-state index is 10.7. The van der Waals surface area contributed by atoms with Gasteiger partial charge in [-0.1, -0.05) is 0 Å². The Balaban J connectivity index is 2.14. The van der Waals surface area contributed by atoms with Gasteiger partial charge in [0.2, 0.25) is 5.76 Å². The first kappa shape index (κ1) is 15.7. The number of furan rings is 1. The molecule has 1 aromatic rings. The van der Waals surface area contributed by atoms with Gasteiger partial charge in [0.1, 0.15) is 5.76 Å². The van der Waals surface area contributed by atoms with Gasteiger partial charge in [-0.25, -0.2) is 4.79 Å². The fourth-order valence-corrected chi connectivity index (χ4v) is 1.57. The third-order valence-electron chi connectivity index (χ3n) is 2.62. The minimum absolute atomic E-state index is 0.0165. The van der Waals surface area contributed by atoms with Crippen LogP contribution in [-0.4, -0.2) is 44.6 Å². The zero-order chi connectivity index (χ0) is 14.1. The fraction of sp³-hybridized carbons (Fsp3) is 0.615. The molecule has 0 aromatic carbocycles. The first-order valence-corrected chi connectivity index (χ1v) is 6.25. The van der Waals surface area contributed by atoms with Gasteiger partial charge >= 0.3 is 5.97 Å². The van der Waals surface area contributed by atoms with E-state index in [0.717, 1.165) is 18.5 Å². The zero-order valence-electron chi connectivity index (χ0n) is 11.4. The average Bonchev–Trinajstić information content (AvgIpc) is 2.74. The number of carboxylic acids is 1. The standard InChI is InChI=1S/C13H21NO5/c1-10-11(8-12(19-10)13(15)16)9-14-4-3-5-18-7-6-17-2/h8,14H,3-7,9H2,1-2H3,(H,15,16). The highest BCUT2D eigenvalue weighted by atomic mass is 16.5. The van der Waals surface area contributed by atoms with Gasteiger partial charge in [-0.3, -0.25) is 0 Å². The second-order valence-corrected chi connectivity index (χ2v) is 4.13. The number of aryl methyl sites for hydroxylation is 1. The molecule has 1 heterocycles. The molecule has 0 aliphatic carbocycles. The molecule has 0 fully saturated rings. The Morgan fingerprint density at radius 3 is 2.84 bits per heavy atom. The summed E-state index contributed by atoms with van der Waals surface area (Å²) in [5.74, 6) is -0.417. The molecule has 0 aliphatic heterocycles. The number of hydrogen-bond donors (Lipinski definition) is 2. The predicted molar refractivity (Wildman–Crippen MR) is 69.4 cm³/mol. The smallest absolute Gasteiger partial charge is 0.371 e. The van der Waals surface area contributed by atoms with Crippen molar-refractivity contribution in [2.45, 2.75) is 19.9 Å². The van der Waals surface area contributed by atoms with Crippen LogP contribution in [0.15, 0.2) is 10.5 Å². The molecule has 0 amide bonds. The summed E-state index contributed by atoms with van der Waals surface area (Å²) < 4.78 is 15.3. The monoisotopic (exact) mass is 271 g/mol. The molecule has 19 heavy (non-hydrogen) atoms. The highest BCUT2D eigenvalue weighted by Crippen LogP contribution is 2.14. The van der Waals surface area contributed by atoms with E-state index in [1.165, 1.54) is 0 Å². The number of ether oxygens (including phenoxy) is 2. The van der Waals surface area contributed by atoms with E-state index in [9.17, 15) is 4.79 Å². The van der Waals surface area contributed by atoms with Crippen molar-refractivity contribution in [2.75, 3.05) is 33.5 Å². The largest absolute Gasteiger partial charge is 0.475 e. The number of nitrogens with one attached hydrogen (secondary N) is 1. The van der Waals surface area contributed by atoms with Crippen LogP contribution in [0.3, 0.4) is 0 Å². The molecular weight excluding hydrogens is 250 g/mol. The lowest BCUT2D eigenvalue weighted by Crippen LogP contribution is -2.17. The Labute approximate surface area is 112 Å². The maximum atomic E-state index is 10.7. The van der Waals surface area contributed by atoms with Crippen LogP contribution in [0.4, 0.5) is 0 Å². The summed E-state index contributed by atoms with van der Waals surface area (Å²) in [6.45, 7) is 5.07. The van der Waals surface area contributed by atoms with Crippen LogP contribution in [0.5, 0.6) is 0 Å². The minimum atomic E-state index is -1.04. The maximum Gasteiger partial charge on any atom is 0.371 e. The molecule has 1 rings (SSSR count). The van der Waals surface area contributed by atoms with Crippen molar-refractivity contribution in [1.82, 2.24) is 5.32 Å². The van der Waals surface area contributed by atoms with Gasteiger partial charge in [-0.05, 0) is 26.0 Å². The van der Waals surface area contributed by atoms with E-state index in [1.807, 2.05) is 0 Å². The normalized spacial score (nSPS) is 10.8. The summed E-state index contributed by atoms with van der Waals surface area (Å²) >= 11 is 0. The van der Waals surface area contributed by atoms with Crippen LogP contribution in [0.1, 0.15) is 28.3 Å². The summed E-state index contributed by atoms with van der Waals surface area (Å²) in [6, 6.07) is 1.56. The number of carboxylic acid groups (broad SMARTS) is 1. The van der Waals surface area contributed by atoms with E-state index < -0.39 is 5.97 Å². The highest BCUT2D eigenvalue weighted by molar-refractivity contribution is 5.84. The van der Waals surface area contributed by atoms with Gasteiger partial charge in [0.25, 0.3) is 0 Å². The first-order chi connectivity index (χ1) is 9.15. The zero-order valence-corrected chi connectivity index (χ0v) is 11.4. The molecule has 1 aromatic heterocycles. The lowest BCUT2D eigenvalue weighted by molar-refractivity contribution is 0.0661. The Morgan fingerprint density at radius 2 is 2.21 bits per heavy atom. The topological polar surface area (TPSA) is 80.9 Å². The van der Waals surface area contributed by atoms with Gasteiger partial charge in [-0.15, -0.1) is 0 Å². The first-order valence-electron chi connectivity index (χ1n) is 6.25. The van der Waals surface area contributed by atoms with Crippen molar-refractivity contribution in [3.05, 3.63) is 23.2 Å². The predicted octanol–water partition coefficient (Wildman–Crippen LogP) is 1.43. The lowest BCUT2D eigenvalue weighted by atomic mass is 10.2. The molecule has 2 N–H and O–H groups in total. The van der Waals surface area contributed by atoms with Crippen LogP contribution < -0.4 is 5.32 Å². The molecule has 0 bridgehead atoms. The summed E-state index contributed by atoms with van der Waals surface area (Å²) in [7, 11) is 1.64. The molecule has 0 radical (unpaired) electrons. The van der Waals surface area contributed by atoms with Gasteiger partial charge < -0.3 is 24.3 Å². The molecule has 6 nitrogen and oxygen atoms in total. The van der Waals surface area contributed by atoms with Crippen molar-refractivity contribution in [1.29, 1.82) is 0 Å². The Kier molecular flexibility index (Phi) is 7.17. The van der Waals surface area contributed by atoms with E-state index in [2.05, 4.69) is 5.32 Å². The van der Waals surface area contributed by atoms with E-state index >= 15 is 0 Å². The fourth-order valence-electron chi connectivity index (χ4n) is 1.57. The van der Waals surface area contributed by atoms with Gasteiger partial charge in [0.05, 0.1) is 13.2 Å². The molecular formula is C13H21NO5. The van der Waals surface area contributed by atoms with E-state index in [0.29, 0.717) is 32.1 Å². The quantitative estimate of drug-likeness (QED) is 0.627. The van der Waals surface area contributed by atoms with Gasteiger partial charge in [-0.2, -0.15) is 0 Å². The SMILES string of the molecule is COCCOCCCNCc1cc(C(=O)O)oc1C. The van der Waals surface area contributed by atoms with Gasteiger partial charge in [0.15, 0.2) is 0 Å². The minimum Gasteiger partial charge on any atom is -0.475 e. The summed E-state index contributed by atoms with van der Waals surface area (Å²) in [5, 5.41) is 12.0. The Morgan fingerprint density at radius 1 is 1.42 bits per heavy atom. The summed E-state index contributed by atoms with van der Waals surface area (Å²) in [6.07, 6.45) is 0.895. The molecule has 0 saturated heterocycles. The molecule has 0 spiro atoms. The van der Waals surface area contributed by atoms with Gasteiger partial charge in [0, 0.05) is 25.8 Å². The van der Waals surface area contributed by atoms with Crippen molar-refractivity contribution in [2.24, 2.45) is 0 Å². The lowest BCUT2D eigenvalue weighted by Gasteiger charge is -2.05.